The average Bonchev–Trinajstić information content (AvgIpc) is 2.93. The number of nitriles is 1. The van der Waals surface area contributed by atoms with Crippen LogP contribution in [-0.2, 0) is 11.0 Å². The lowest BCUT2D eigenvalue weighted by Crippen LogP contribution is -2.50. The van der Waals surface area contributed by atoms with Crippen molar-refractivity contribution in [3.63, 3.8) is 0 Å². The fraction of sp³-hybridized carbons (Fsp3) is 0.259. The monoisotopic (exact) mass is 539 g/mol. The van der Waals surface area contributed by atoms with Gasteiger partial charge in [0, 0.05) is 50.2 Å². The van der Waals surface area contributed by atoms with Crippen LogP contribution >= 0.6 is 0 Å². The van der Waals surface area contributed by atoms with Crippen molar-refractivity contribution in [2.75, 3.05) is 42.9 Å². The van der Waals surface area contributed by atoms with Crippen molar-refractivity contribution in [1.29, 1.82) is 5.26 Å². The molecule has 0 radical (unpaired) electrons. The number of carbonyl (C=O) groups excluding carboxylic acids is 1. The van der Waals surface area contributed by atoms with Crippen molar-refractivity contribution >= 4 is 23.0 Å². The van der Waals surface area contributed by atoms with Gasteiger partial charge in [-0.3, -0.25) is 19.8 Å². The number of halogens is 3. The Morgan fingerprint density at radius 1 is 1.03 bits per heavy atom. The number of benzene rings is 3. The Morgan fingerprint density at radius 3 is 2.15 bits per heavy atom. The Balaban J connectivity index is 1.30. The summed E-state index contributed by atoms with van der Waals surface area (Å²) in [6.07, 6.45) is -6.49. The minimum Gasteiger partial charge on any atom is -0.382 e. The van der Waals surface area contributed by atoms with Crippen LogP contribution in [0.5, 0.6) is 0 Å². The van der Waals surface area contributed by atoms with Gasteiger partial charge in [-0.25, -0.2) is 0 Å². The van der Waals surface area contributed by atoms with Gasteiger partial charge in [-0.1, -0.05) is 24.3 Å². The maximum atomic E-state index is 13.2. The van der Waals surface area contributed by atoms with Crippen LogP contribution in [0.4, 0.5) is 30.2 Å². The Labute approximate surface area is 221 Å². The molecule has 1 aliphatic rings. The normalized spacial score (nSPS) is 14.9. The van der Waals surface area contributed by atoms with Crippen LogP contribution < -0.4 is 10.2 Å². The van der Waals surface area contributed by atoms with E-state index in [1.165, 1.54) is 0 Å². The van der Waals surface area contributed by atoms with Gasteiger partial charge < -0.3 is 15.3 Å². The highest BCUT2D eigenvalue weighted by Crippen LogP contribution is 2.37. The zero-order valence-corrected chi connectivity index (χ0v) is 20.6. The van der Waals surface area contributed by atoms with E-state index < -0.39 is 34.4 Å². The summed E-state index contributed by atoms with van der Waals surface area (Å²) in [5.41, 5.74) is 0.726. The molecule has 1 unspecified atom stereocenters. The second kappa shape index (κ2) is 11.5. The van der Waals surface area contributed by atoms with Crippen LogP contribution in [0.3, 0.4) is 0 Å². The molecule has 0 saturated carbocycles. The number of anilines is 2. The Kier molecular flexibility index (Phi) is 8.13. The Bertz CT molecular complexity index is 1380. The van der Waals surface area contributed by atoms with E-state index in [1.807, 2.05) is 41.3 Å². The Morgan fingerprint density at radius 2 is 1.62 bits per heavy atom. The second-order valence-electron chi connectivity index (χ2n) is 9.02. The molecule has 4 rings (SSSR count). The molecule has 1 amide bonds. The van der Waals surface area contributed by atoms with Gasteiger partial charge in [0.1, 0.15) is 11.7 Å². The number of piperazine rings is 1. The third-order valence-corrected chi connectivity index (χ3v) is 6.45. The molecule has 2 N–H and O–H groups in total. The number of nitro groups is 1. The number of aliphatic hydroxyl groups is 1. The molecule has 0 bridgehead atoms. The summed E-state index contributed by atoms with van der Waals surface area (Å²) < 4.78 is 39.6. The van der Waals surface area contributed by atoms with Gasteiger partial charge in [-0.05, 0) is 47.5 Å². The van der Waals surface area contributed by atoms with Gasteiger partial charge in [0.25, 0.3) is 11.6 Å². The molecular weight excluding hydrogens is 515 g/mol. The Hall–Kier alpha value is -4.47. The van der Waals surface area contributed by atoms with Crippen molar-refractivity contribution in [2.24, 2.45) is 0 Å². The number of nitrogens with one attached hydrogen (secondary N) is 1. The average molecular weight is 540 g/mol. The molecule has 39 heavy (non-hydrogen) atoms. The fourth-order valence-electron chi connectivity index (χ4n) is 4.34. The molecular formula is C27H24F3N5O4. The molecule has 202 valence electrons. The van der Waals surface area contributed by atoms with Crippen LogP contribution in [0.2, 0.25) is 0 Å². The van der Waals surface area contributed by atoms with Gasteiger partial charge in [-0.15, -0.1) is 0 Å². The van der Waals surface area contributed by atoms with Gasteiger partial charge in [0.15, 0.2) is 0 Å². The maximum absolute atomic E-state index is 13.2. The first kappa shape index (κ1) is 27.6. The van der Waals surface area contributed by atoms with Crippen molar-refractivity contribution in [1.82, 2.24) is 4.90 Å². The standard InChI is InChI=1S/C27H24F3N5O4/c28-27(29,30)23-15-21(7-10-24(23)35(38)39)32-26(37)25(36)17-33-11-13-34(14-12-33)22-8-5-20(6-9-22)19-3-1-18(16-31)2-4-19/h1-10,15,25,36H,11-14,17H2,(H,32,37). The molecule has 1 saturated heterocycles. The van der Waals surface area contributed by atoms with Gasteiger partial charge in [-0.2, -0.15) is 18.4 Å². The number of nitrogens with zero attached hydrogens (tertiary/aromatic N) is 4. The third-order valence-electron chi connectivity index (χ3n) is 6.45. The highest BCUT2D eigenvalue weighted by atomic mass is 19.4. The van der Waals surface area contributed by atoms with Crippen LogP contribution in [0, 0.1) is 21.4 Å². The van der Waals surface area contributed by atoms with E-state index in [1.54, 1.807) is 12.1 Å². The lowest BCUT2D eigenvalue weighted by Gasteiger charge is -2.36. The molecule has 1 aliphatic heterocycles. The summed E-state index contributed by atoms with van der Waals surface area (Å²) in [6.45, 7) is 2.37. The van der Waals surface area contributed by atoms with E-state index in [2.05, 4.69) is 16.3 Å². The van der Waals surface area contributed by atoms with E-state index in [0.29, 0.717) is 43.9 Å². The molecule has 0 spiro atoms. The van der Waals surface area contributed by atoms with Gasteiger partial charge in [0.2, 0.25) is 0 Å². The van der Waals surface area contributed by atoms with Crippen LogP contribution in [0.15, 0.2) is 66.7 Å². The first-order valence-electron chi connectivity index (χ1n) is 12.0. The fourth-order valence-corrected chi connectivity index (χ4v) is 4.34. The molecule has 1 atom stereocenters. The number of hydrogen-bond acceptors (Lipinski definition) is 7. The van der Waals surface area contributed by atoms with Gasteiger partial charge in [0.05, 0.1) is 16.6 Å². The molecule has 0 aromatic heterocycles. The molecule has 9 nitrogen and oxygen atoms in total. The quantitative estimate of drug-likeness (QED) is 0.340. The first-order valence-corrected chi connectivity index (χ1v) is 12.0. The number of nitro benzene ring substituents is 1. The maximum Gasteiger partial charge on any atom is 0.423 e. The molecule has 1 fully saturated rings. The molecule has 12 heteroatoms. The number of hydrogen-bond donors (Lipinski definition) is 2. The molecule has 1 heterocycles. The topological polar surface area (TPSA) is 123 Å². The molecule has 3 aromatic carbocycles. The van der Waals surface area contributed by atoms with Crippen molar-refractivity contribution in [3.05, 3.63) is 88.0 Å². The van der Waals surface area contributed by atoms with E-state index in [-0.39, 0.29) is 12.2 Å². The summed E-state index contributed by atoms with van der Waals surface area (Å²) in [4.78, 5) is 26.2. The smallest absolute Gasteiger partial charge is 0.382 e. The number of β-amino-alcohol motifs (C(OH)–C–C–N with tert-alkyl or cyclic N) is 1. The number of alkyl halides is 3. The number of carbonyl (C=O) groups is 1. The zero-order valence-electron chi connectivity index (χ0n) is 20.6. The summed E-state index contributed by atoms with van der Waals surface area (Å²) in [5.74, 6) is -0.905. The largest absolute Gasteiger partial charge is 0.423 e. The third kappa shape index (κ3) is 6.70. The van der Waals surface area contributed by atoms with Crippen molar-refractivity contribution in [3.8, 4) is 17.2 Å². The van der Waals surface area contributed by atoms with Crippen LogP contribution in [0.1, 0.15) is 11.1 Å². The van der Waals surface area contributed by atoms with Crippen LogP contribution in [-0.4, -0.2) is 59.7 Å². The summed E-state index contributed by atoms with van der Waals surface area (Å²) >= 11 is 0. The van der Waals surface area contributed by atoms with E-state index in [9.17, 15) is 33.2 Å². The predicted molar refractivity (Wildman–Crippen MR) is 138 cm³/mol. The van der Waals surface area contributed by atoms with Gasteiger partial charge >= 0.3 is 6.18 Å². The van der Waals surface area contributed by atoms with Crippen molar-refractivity contribution < 1.29 is 28.0 Å². The van der Waals surface area contributed by atoms with E-state index in [0.717, 1.165) is 22.9 Å². The second-order valence-corrected chi connectivity index (χ2v) is 9.02. The molecule has 0 aliphatic carbocycles. The number of aliphatic hydroxyl groups excluding tert-OH is 1. The SMILES string of the molecule is N#Cc1ccc(-c2ccc(N3CCN(CC(O)C(=O)Nc4ccc([N+](=O)[O-])c(C(F)(F)F)c4)CC3)cc2)cc1. The van der Waals surface area contributed by atoms with Crippen molar-refractivity contribution in [2.45, 2.75) is 12.3 Å². The highest BCUT2D eigenvalue weighted by Gasteiger charge is 2.38. The summed E-state index contributed by atoms with van der Waals surface area (Å²) in [5, 5.41) is 32.4. The van der Waals surface area contributed by atoms with E-state index in [4.69, 9.17) is 5.26 Å². The van der Waals surface area contributed by atoms with E-state index >= 15 is 0 Å². The summed E-state index contributed by atoms with van der Waals surface area (Å²) in [6, 6.07) is 19.6. The minimum absolute atomic E-state index is 0.0174. The number of amides is 1. The highest BCUT2D eigenvalue weighted by molar-refractivity contribution is 5.94. The predicted octanol–water partition coefficient (Wildman–Crippen LogP) is 4.27. The van der Waals surface area contributed by atoms with Crippen LogP contribution in [0.25, 0.3) is 11.1 Å². The number of rotatable bonds is 7. The zero-order chi connectivity index (χ0) is 28.2. The lowest BCUT2D eigenvalue weighted by molar-refractivity contribution is -0.388. The molecule has 3 aromatic rings. The summed E-state index contributed by atoms with van der Waals surface area (Å²) in [7, 11) is 0. The minimum atomic E-state index is -4.98. The first-order chi connectivity index (χ1) is 18.5. The lowest BCUT2D eigenvalue weighted by atomic mass is 10.0.